The molecule has 2 aromatic rings. The zero-order chi connectivity index (χ0) is 16.1. The molecule has 0 saturated carbocycles. The van der Waals surface area contributed by atoms with Crippen LogP contribution < -0.4 is 15.0 Å². The van der Waals surface area contributed by atoms with Crippen LogP contribution in [0.15, 0.2) is 36.5 Å². The predicted octanol–water partition coefficient (Wildman–Crippen LogP) is 2.38. The van der Waals surface area contributed by atoms with Gasteiger partial charge < -0.3 is 15.0 Å². The number of nitrogens with one attached hydrogen (secondary N) is 1. The lowest BCUT2D eigenvalue weighted by Gasteiger charge is -2.25. The summed E-state index contributed by atoms with van der Waals surface area (Å²) in [5, 5.41) is 11.6. The average Bonchev–Trinajstić information content (AvgIpc) is 3.04. The lowest BCUT2D eigenvalue weighted by molar-refractivity contribution is 0.405. The molecule has 3 rings (SSSR count). The zero-order valence-corrected chi connectivity index (χ0v) is 13.2. The van der Waals surface area contributed by atoms with Crippen molar-refractivity contribution in [3.8, 4) is 5.75 Å². The Labute approximate surface area is 135 Å². The summed E-state index contributed by atoms with van der Waals surface area (Å²) in [6, 6.07) is 8.86. The van der Waals surface area contributed by atoms with E-state index in [1.165, 1.54) is 12.1 Å². The van der Waals surface area contributed by atoms with E-state index < -0.39 is 0 Å². The Morgan fingerprint density at radius 1 is 1.39 bits per heavy atom. The molecule has 0 amide bonds. The van der Waals surface area contributed by atoms with Crippen LogP contribution in [0.2, 0.25) is 0 Å². The Hall–Kier alpha value is -2.21. The van der Waals surface area contributed by atoms with E-state index in [9.17, 15) is 4.39 Å². The summed E-state index contributed by atoms with van der Waals surface area (Å²) in [5.41, 5.74) is 0.830. The van der Waals surface area contributed by atoms with Gasteiger partial charge in [-0.1, -0.05) is 0 Å². The van der Waals surface area contributed by atoms with Gasteiger partial charge >= 0.3 is 0 Å². The van der Waals surface area contributed by atoms with E-state index in [0.29, 0.717) is 18.3 Å². The summed E-state index contributed by atoms with van der Waals surface area (Å²) in [4.78, 5) is 2.28. The van der Waals surface area contributed by atoms with Crippen LogP contribution in [0.3, 0.4) is 0 Å². The molecule has 1 aromatic carbocycles. The smallest absolute Gasteiger partial charge is 0.151 e. The molecule has 1 aromatic heterocycles. The number of hydrogen-bond donors (Lipinski definition) is 1. The fourth-order valence-corrected chi connectivity index (χ4v) is 3.05. The van der Waals surface area contributed by atoms with Crippen molar-refractivity contribution in [2.75, 3.05) is 25.1 Å². The number of rotatable bonds is 6. The molecule has 6 heteroatoms. The van der Waals surface area contributed by atoms with E-state index in [1.54, 1.807) is 19.4 Å². The van der Waals surface area contributed by atoms with E-state index in [4.69, 9.17) is 4.74 Å². The number of halogens is 1. The van der Waals surface area contributed by atoms with Crippen molar-refractivity contribution in [1.82, 2.24) is 15.5 Å². The van der Waals surface area contributed by atoms with Crippen LogP contribution in [0.25, 0.3) is 0 Å². The van der Waals surface area contributed by atoms with Crippen LogP contribution in [0.1, 0.15) is 18.4 Å². The molecule has 0 bridgehead atoms. The van der Waals surface area contributed by atoms with E-state index in [0.717, 1.165) is 37.3 Å². The number of aromatic nitrogens is 2. The van der Waals surface area contributed by atoms with Crippen molar-refractivity contribution in [2.24, 2.45) is 0 Å². The highest BCUT2D eigenvalue weighted by atomic mass is 19.1. The highest BCUT2D eigenvalue weighted by Crippen LogP contribution is 2.23. The molecule has 23 heavy (non-hydrogen) atoms. The second-order valence-corrected chi connectivity index (χ2v) is 5.66. The standard InChI is InChI=1S/C17H21FN4O/c1-23-16-7-6-14(18)10-13(16)11-19-12-15-4-3-9-22(15)17-5-2-8-20-21-17/h2,5-8,10,15,19H,3-4,9,11-12H2,1H3. The van der Waals surface area contributed by atoms with Crippen LogP contribution >= 0.6 is 0 Å². The topological polar surface area (TPSA) is 50.3 Å². The van der Waals surface area contributed by atoms with Crippen molar-refractivity contribution >= 4 is 5.82 Å². The first-order valence-electron chi connectivity index (χ1n) is 7.85. The molecular formula is C17H21FN4O. The van der Waals surface area contributed by atoms with Crippen molar-refractivity contribution < 1.29 is 9.13 Å². The Morgan fingerprint density at radius 2 is 2.30 bits per heavy atom. The second-order valence-electron chi connectivity index (χ2n) is 5.66. The van der Waals surface area contributed by atoms with Gasteiger partial charge in [0, 0.05) is 37.4 Å². The Balaban J connectivity index is 1.59. The summed E-state index contributed by atoms with van der Waals surface area (Å²) in [5.74, 6) is 1.38. The minimum Gasteiger partial charge on any atom is -0.496 e. The fourth-order valence-electron chi connectivity index (χ4n) is 3.05. The third-order valence-corrected chi connectivity index (χ3v) is 4.17. The molecule has 1 aliphatic heterocycles. The Bertz CT molecular complexity index is 638. The van der Waals surface area contributed by atoms with Crippen molar-refractivity contribution in [3.63, 3.8) is 0 Å². The predicted molar refractivity (Wildman–Crippen MR) is 87.1 cm³/mol. The Kier molecular flexibility index (Phi) is 5.02. The lowest BCUT2D eigenvalue weighted by atomic mass is 10.1. The van der Waals surface area contributed by atoms with Crippen LogP contribution in [-0.4, -0.2) is 36.4 Å². The molecule has 0 spiro atoms. The van der Waals surface area contributed by atoms with Crippen LogP contribution in [0.4, 0.5) is 10.2 Å². The number of benzene rings is 1. The van der Waals surface area contributed by atoms with Gasteiger partial charge in [0.05, 0.1) is 7.11 Å². The van der Waals surface area contributed by atoms with Crippen LogP contribution in [-0.2, 0) is 6.54 Å². The first kappa shape index (κ1) is 15.7. The van der Waals surface area contributed by atoms with Gasteiger partial charge in [-0.05, 0) is 43.2 Å². The first-order valence-corrected chi connectivity index (χ1v) is 7.85. The summed E-state index contributed by atoms with van der Waals surface area (Å²) < 4.78 is 18.7. The van der Waals surface area contributed by atoms with Crippen molar-refractivity contribution in [2.45, 2.75) is 25.4 Å². The summed E-state index contributed by atoms with van der Waals surface area (Å²) in [7, 11) is 1.60. The molecular weight excluding hydrogens is 295 g/mol. The number of anilines is 1. The normalized spacial score (nSPS) is 17.5. The summed E-state index contributed by atoms with van der Waals surface area (Å²) in [6.07, 6.45) is 3.94. The maximum atomic E-state index is 13.4. The molecule has 0 radical (unpaired) electrons. The molecule has 5 nitrogen and oxygen atoms in total. The quantitative estimate of drug-likeness (QED) is 0.887. The third-order valence-electron chi connectivity index (χ3n) is 4.17. The number of ether oxygens (including phenoxy) is 1. The largest absolute Gasteiger partial charge is 0.496 e. The number of nitrogens with zero attached hydrogens (tertiary/aromatic N) is 3. The molecule has 1 atom stereocenters. The fraction of sp³-hybridized carbons (Fsp3) is 0.412. The average molecular weight is 316 g/mol. The van der Waals surface area contributed by atoms with E-state index in [1.807, 2.05) is 12.1 Å². The maximum Gasteiger partial charge on any atom is 0.151 e. The van der Waals surface area contributed by atoms with Gasteiger partial charge in [0.25, 0.3) is 0 Å². The maximum absolute atomic E-state index is 13.4. The van der Waals surface area contributed by atoms with Crippen molar-refractivity contribution in [1.29, 1.82) is 0 Å². The van der Waals surface area contributed by atoms with Gasteiger partial charge in [0.15, 0.2) is 5.82 Å². The first-order chi connectivity index (χ1) is 11.3. The molecule has 1 N–H and O–H groups in total. The van der Waals surface area contributed by atoms with Gasteiger partial charge in [-0.2, -0.15) is 5.10 Å². The molecule has 1 aliphatic rings. The SMILES string of the molecule is COc1ccc(F)cc1CNCC1CCCN1c1cccnn1. The van der Waals surface area contributed by atoms with Gasteiger partial charge in [-0.25, -0.2) is 4.39 Å². The zero-order valence-electron chi connectivity index (χ0n) is 13.2. The van der Waals surface area contributed by atoms with Gasteiger partial charge in [-0.15, -0.1) is 5.10 Å². The van der Waals surface area contributed by atoms with E-state index in [-0.39, 0.29) is 5.82 Å². The molecule has 1 fully saturated rings. The molecule has 0 aliphatic carbocycles. The third kappa shape index (κ3) is 3.76. The monoisotopic (exact) mass is 316 g/mol. The van der Waals surface area contributed by atoms with E-state index in [2.05, 4.69) is 20.4 Å². The molecule has 1 unspecified atom stereocenters. The van der Waals surface area contributed by atoms with E-state index >= 15 is 0 Å². The number of hydrogen-bond acceptors (Lipinski definition) is 5. The Morgan fingerprint density at radius 3 is 3.09 bits per heavy atom. The molecule has 1 saturated heterocycles. The van der Waals surface area contributed by atoms with Crippen molar-refractivity contribution in [3.05, 3.63) is 47.9 Å². The second kappa shape index (κ2) is 7.37. The highest BCUT2D eigenvalue weighted by Gasteiger charge is 2.25. The van der Waals surface area contributed by atoms with Gasteiger partial charge in [-0.3, -0.25) is 0 Å². The minimum absolute atomic E-state index is 0.246. The lowest BCUT2D eigenvalue weighted by Crippen LogP contribution is -2.38. The molecule has 122 valence electrons. The van der Waals surface area contributed by atoms with Gasteiger partial charge in [0.2, 0.25) is 0 Å². The summed E-state index contributed by atoms with van der Waals surface area (Å²) in [6.45, 7) is 2.39. The summed E-state index contributed by atoms with van der Waals surface area (Å²) >= 11 is 0. The molecule has 2 heterocycles. The minimum atomic E-state index is -0.246. The van der Waals surface area contributed by atoms with Crippen LogP contribution in [0, 0.1) is 5.82 Å². The highest BCUT2D eigenvalue weighted by molar-refractivity contribution is 5.39. The number of methoxy groups -OCH3 is 1. The van der Waals surface area contributed by atoms with Gasteiger partial charge in [0.1, 0.15) is 11.6 Å². The van der Waals surface area contributed by atoms with Crippen LogP contribution in [0.5, 0.6) is 5.75 Å².